The molecule has 1 aliphatic heterocycles. The van der Waals surface area contributed by atoms with Gasteiger partial charge in [-0.3, -0.25) is 4.79 Å². The summed E-state index contributed by atoms with van der Waals surface area (Å²) in [6.07, 6.45) is 2.61. The Morgan fingerprint density at radius 2 is 2.14 bits per heavy atom. The topological polar surface area (TPSA) is 26.3 Å². The number of fused-ring (bicyclic) bond motifs is 3. The maximum absolute atomic E-state index is 11.6. The predicted octanol–water partition coefficient (Wildman–Crippen LogP) is 2.28. The number of benzene rings is 1. The van der Waals surface area contributed by atoms with Crippen LogP contribution < -0.4 is 4.74 Å². The van der Waals surface area contributed by atoms with E-state index in [4.69, 9.17) is 4.74 Å². The fourth-order valence-electron chi connectivity index (χ4n) is 2.51. The van der Waals surface area contributed by atoms with Crippen molar-refractivity contribution in [1.82, 2.24) is 0 Å². The quantitative estimate of drug-likeness (QED) is 0.624. The maximum atomic E-state index is 11.6. The van der Waals surface area contributed by atoms with Gasteiger partial charge < -0.3 is 4.74 Å². The van der Waals surface area contributed by atoms with E-state index in [9.17, 15) is 4.79 Å². The Kier molecular flexibility index (Phi) is 1.63. The summed E-state index contributed by atoms with van der Waals surface area (Å²) in [6.45, 7) is 0. The third-order valence-corrected chi connectivity index (χ3v) is 3.19. The number of hydrogen-bond acceptors (Lipinski definition) is 2. The Balaban J connectivity index is 2.04. The van der Waals surface area contributed by atoms with Crippen LogP contribution in [-0.4, -0.2) is 11.9 Å². The van der Waals surface area contributed by atoms with E-state index in [2.05, 4.69) is 6.07 Å². The maximum Gasteiger partial charge on any atom is 0.173 e. The van der Waals surface area contributed by atoms with Crippen LogP contribution in [0.4, 0.5) is 0 Å². The van der Waals surface area contributed by atoms with Gasteiger partial charge in [0.1, 0.15) is 5.75 Å². The van der Waals surface area contributed by atoms with Gasteiger partial charge in [0, 0.05) is 17.9 Å². The van der Waals surface area contributed by atoms with Crippen LogP contribution >= 0.6 is 0 Å². The van der Waals surface area contributed by atoms with Crippen LogP contribution in [0, 0.1) is 0 Å². The smallest absolute Gasteiger partial charge is 0.173 e. The van der Waals surface area contributed by atoms with Crippen LogP contribution in [0.3, 0.4) is 0 Å². The first-order chi connectivity index (χ1) is 6.86. The van der Waals surface area contributed by atoms with Gasteiger partial charge in [-0.05, 0) is 18.9 Å². The van der Waals surface area contributed by atoms with Gasteiger partial charge in [0.05, 0.1) is 0 Å². The van der Waals surface area contributed by atoms with Crippen molar-refractivity contribution in [3.63, 3.8) is 0 Å². The van der Waals surface area contributed by atoms with Gasteiger partial charge in [0.2, 0.25) is 0 Å². The molecule has 0 bridgehead atoms. The van der Waals surface area contributed by atoms with Crippen molar-refractivity contribution in [2.24, 2.45) is 0 Å². The summed E-state index contributed by atoms with van der Waals surface area (Å²) in [5.74, 6) is 1.52. The highest BCUT2D eigenvalue weighted by Crippen LogP contribution is 2.43. The third kappa shape index (κ3) is 0.999. The van der Waals surface area contributed by atoms with E-state index in [0.717, 1.165) is 18.6 Å². The molecule has 0 spiro atoms. The molecule has 1 aromatic carbocycles. The molecule has 2 atom stereocenters. The summed E-state index contributed by atoms with van der Waals surface area (Å²) in [6, 6.07) is 8.02. The van der Waals surface area contributed by atoms with E-state index in [1.807, 2.05) is 18.2 Å². The number of Topliss-reactive ketones (excluding diaryl/α,β-unsaturated/α-hetero) is 1. The average molecular weight is 188 g/mol. The van der Waals surface area contributed by atoms with Crippen molar-refractivity contribution in [3.8, 4) is 5.75 Å². The lowest BCUT2D eigenvalue weighted by molar-refractivity contribution is -0.127. The van der Waals surface area contributed by atoms with Gasteiger partial charge in [-0.2, -0.15) is 0 Å². The molecule has 1 aliphatic carbocycles. The van der Waals surface area contributed by atoms with Crippen molar-refractivity contribution in [2.75, 3.05) is 0 Å². The number of para-hydroxylation sites is 1. The number of ether oxygens (including phenoxy) is 1. The van der Waals surface area contributed by atoms with E-state index in [1.54, 1.807) is 0 Å². The van der Waals surface area contributed by atoms with Crippen molar-refractivity contribution in [3.05, 3.63) is 29.8 Å². The Hall–Kier alpha value is -1.31. The second kappa shape index (κ2) is 2.84. The monoisotopic (exact) mass is 188 g/mol. The molecule has 2 aliphatic rings. The summed E-state index contributed by atoms with van der Waals surface area (Å²) < 4.78 is 5.67. The molecule has 0 amide bonds. The van der Waals surface area contributed by atoms with Gasteiger partial charge >= 0.3 is 0 Å². The summed E-state index contributed by atoms with van der Waals surface area (Å²) in [5.41, 5.74) is 1.23. The van der Waals surface area contributed by atoms with Gasteiger partial charge in [-0.25, -0.2) is 0 Å². The molecule has 2 unspecified atom stereocenters. The fraction of sp³-hybridized carbons (Fsp3) is 0.417. The van der Waals surface area contributed by atoms with Gasteiger partial charge in [-0.1, -0.05) is 18.2 Å². The molecule has 0 N–H and O–H groups in total. The van der Waals surface area contributed by atoms with Crippen molar-refractivity contribution in [2.45, 2.75) is 31.3 Å². The highest BCUT2D eigenvalue weighted by molar-refractivity contribution is 5.86. The van der Waals surface area contributed by atoms with Crippen LogP contribution in [0.25, 0.3) is 0 Å². The van der Waals surface area contributed by atoms with Gasteiger partial charge in [-0.15, -0.1) is 0 Å². The number of carbonyl (C=O) groups is 1. The molecule has 1 heterocycles. The number of hydrogen-bond donors (Lipinski definition) is 0. The van der Waals surface area contributed by atoms with Crippen molar-refractivity contribution < 1.29 is 9.53 Å². The SMILES string of the molecule is O=C1CCCC2c3ccccc3OC12. The van der Waals surface area contributed by atoms with Crippen LogP contribution in [0.2, 0.25) is 0 Å². The van der Waals surface area contributed by atoms with Crippen LogP contribution in [0.5, 0.6) is 5.75 Å². The molecule has 1 fully saturated rings. The fourth-order valence-corrected chi connectivity index (χ4v) is 2.51. The standard InChI is InChI=1S/C12H12O2/c13-10-6-3-5-9-8-4-1-2-7-11(8)14-12(9)10/h1-2,4,7,9,12H,3,5-6H2. The highest BCUT2D eigenvalue weighted by Gasteiger charge is 2.40. The molecular weight excluding hydrogens is 176 g/mol. The lowest BCUT2D eigenvalue weighted by Gasteiger charge is -2.22. The Morgan fingerprint density at radius 1 is 1.29 bits per heavy atom. The molecule has 14 heavy (non-hydrogen) atoms. The van der Waals surface area contributed by atoms with E-state index in [0.29, 0.717) is 12.3 Å². The molecule has 2 nitrogen and oxygen atoms in total. The third-order valence-electron chi connectivity index (χ3n) is 3.19. The molecule has 72 valence electrons. The molecule has 3 rings (SSSR count). The first-order valence-electron chi connectivity index (χ1n) is 5.14. The van der Waals surface area contributed by atoms with E-state index in [-0.39, 0.29) is 11.9 Å². The summed E-state index contributed by atoms with van der Waals surface area (Å²) in [7, 11) is 0. The van der Waals surface area contributed by atoms with Crippen LogP contribution in [-0.2, 0) is 4.79 Å². The largest absolute Gasteiger partial charge is 0.482 e. The van der Waals surface area contributed by atoms with Crippen molar-refractivity contribution >= 4 is 5.78 Å². The Bertz CT molecular complexity index is 384. The number of carbonyl (C=O) groups excluding carboxylic acids is 1. The predicted molar refractivity (Wildman–Crippen MR) is 52.5 cm³/mol. The molecule has 0 saturated heterocycles. The lowest BCUT2D eigenvalue weighted by atomic mass is 9.82. The van der Waals surface area contributed by atoms with E-state index in [1.165, 1.54) is 5.56 Å². The molecular formula is C12H12O2. The molecule has 0 aromatic heterocycles. The first-order valence-corrected chi connectivity index (χ1v) is 5.14. The highest BCUT2D eigenvalue weighted by atomic mass is 16.5. The van der Waals surface area contributed by atoms with E-state index < -0.39 is 0 Å². The summed E-state index contributed by atoms with van der Waals surface area (Å²) in [5, 5.41) is 0. The minimum Gasteiger partial charge on any atom is -0.482 e. The zero-order chi connectivity index (χ0) is 9.54. The molecule has 1 saturated carbocycles. The molecule has 2 heteroatoms. The van der Waals surface area contributed by atoms with Crippen LogP contribution in [0.1, 0.15) is 30.7 Å². The second-order valence-electron chi connectivity index (χ2n) is 4.04. The zero-order valence-corrected chi connectivity index (χ0v) is 7.90. The summed E-state index contributed by atoms with van der Waals surface area (Å²) in [4.78, 5) is 11.6. The Morgan fingerprint density at radius 3 is 3.07 bits per heavy atom. The number of rotatable bonds is 0. The molecule has 1 aromatic rings. The minimum absolute atomic E-state index is 0.179. The summed E-state index contributed by atoms with van der Waals surface area (Å²) >= 11 is 0. The number of ketones is 1. The lowest BCUT2D eigenvalue weighted by Crippen LogP contribution is -2.32. The van der Waals surface area contributed by atoms with Gasteiger partial charge in [0.25, 0.3) is 0 Å². The second-order valence-corrected chi connectivity index (χ2v) is 4.04. The minimum atomic E-state index is -0.179. The van der Waals surface area contributed by atoms with E-state index >= 15 is 0 Å². The Labute approximate surface area is 82.9 Å². The average Bonchev–Trinajstić information content (AvgIpc) is 2.59. The molecule has 0 radical (unpaired) electrons. The van der Waals surface area contributed by atoms with Gasteiger partial charge in [0.15, 0.2) is 11.9 Å². The van der Waals surface area contributed by atoms with Crippen LogP contribution in [0.15, 0.2) is 24.3 Å². The van der Waals surface area contributed by atoms with Crippen molar-refractivity contribution in [1.29, 1.82) is 0 Å². The normalized spacial score (nSPS) is 29.3. The first kappa shape index (κ1) is 8.04. The zero-order valence-electron chi connectivity index (χ0n) is 7.90.